The Bertz CT molecular complexity index is 415. The molecule has 0 atom stereocenters. The summed E-state index contributed by atoms with van der Waals surface area (Å²) in [6.07, 6.45) is 3.93. The van der Waals surface area contributed by atoms with Gasteiger partial charge in [0.05, 0.1) is 17.6 Å². The minimum Gasteiger partial charge on any atom is -0.232 e. The van der Waals surface area contributed by atoms with Crippen molar-refractivity contribution in [3.63, 3.8) is 0 Å². The summed E-state index contributed by atoms with van der Waals surface area (Å²) < 4.78 is 1.86. The van der Waals surface area contributed by atoms with Gasteiger partial charge < -0.3 is 0 Å². The number of hydrogen-bond acceptors (Lipinski definition) is 2. The monoisotopic (exact) mass is 175 g/mol. The van der Waals surface area contributed by atoms with Gasteiger partial charge in [0.1, 0.15) is 0 Å². The van der Waals surface area contributed by atoms with Crippen molar-refractivity contribution in [2.45, 2.75) is 26.7 Å². The number of rotatable bonds is 2. The number of aromatic nitrogens is 3. The minimum absolute atomic E-state index is 0.939. The Morgan fingerprint density at radius 2 is 1.92 bits per heavy atom. The molecule has 0 radical (unpaired) electrons. The van der Waals surface area contributed by atoms with Crippen LogP contribution in [0.2, 0.25) is 0 Å². The van der Waals surface area contributed by atoms with Gasteiger partial charge in [0.15, 0.2) is 5.65 Å². The van der Waals surface area contributed by atoms with Crippen LogP contribution < -0.4 is 0 Å². The third kappa shape index (κ3) is 1.41. The maximum absolute atomic E-state index is 4.42. The molecule has 0 aliphatic rings. The molecule has 0 fully saturated rings. The van der Waals surface area contributed by atoms with Crippen molar-refractivity contribution >= 4 is 5.65 Å². The molecule has 0 unspecified atom stereocenters. The largest absolute Gasteiger partial charge is 0.232 e. The van der Waals surface area contributed by atoms with Crippen molar-refractivity contribution < 1.29 is 0 Å². The topological polar surface area (TPSA) is 30.2 Å². The Kier molecular flexibility index (Phi) is 2.00. The van der Waals surface area contributed by atoms with Crippen molar-refractivity contribution in [2.24, 2.45) is 0 Å². The third-order valence-corrected chi connectivity index (χ3v) is 2.15. The Morgan fingerprint density at radius 1 is 1.15 bits per heavy atom. The first-order valence-corrected chi connectivity index (χ1v) is 4.67. The highest BCUT2D eigenvalue weighted by Crippen LogP contribution is 2.05. The van der Waals surface area contributed by atoms with E-state index >= 15 is 0 Å². The highest BCUT2D eigenvalue weighted by molar-refractivity contribution is 5.38. The van der Waals surface area contributed by atoms with E-state index in [1.165, 1.54) is 0 Å². The maximum atomic E-state index is 4.42. The van der Waals surface area contributed by atoms with E-state index in [-0.39, 0.29) is 0 Å². The lowest BCUT2D eigenvalue weighted by molar-refractivity contribution is 0.860. The van der Waals surface area contributed by atoms with Crippen molar-refractivity contribution in [3.8, 4) is 0 Å². The lowest BCUT2D eigenvalue weighted by Crippen LogP contribution is -1.94. The minimum atomic E-state index is 0.939. The van der Waals surface area contributed by atoms with Crippen LogP contribution in [0.25, 0.3) is 5.65 Å². The highest BCUT2D eigenvalue weighted by Gasteiger charge is 2.00. The lowest BCUT2D eigenvalue weighted by Gasteiger charge is -1.95. The summed E-state index contributed by atoms with van der Waals surface area (Å²) in [4.78, 5) is 4.41. The molecular formula is C10H13N3. The Hall–Kier alpha value is -1.38. The molecule has 0 aliphatic heterocycles. The molecule has 0 aliphatic carbocycles. The van der Waals surface area contributed by atoms with Crippen LogP contribution >= 0.6 is 0 Å². The van der Waals surface area contributed by atoms with Crippen LogP contribution in [0.4, 0.5) is 0 Å². The van der Waals surface area contributed by atoms with Crippen LogP contribution in [-0.2, 0) is 12.8 Å². The van der Waals surface area contributed by atoms with E-state index < -0.39 is 0 Å². The van der Waals surface area contributed by atoms with Crippen molar-refractivity contribution in [3.05, 3.63) is 29.7 Å². The molecule has 0 amide bonds. The van der Waals surface area contributed by atoms with Crippen LogP contribution in [-0.4, -0.2) is 14.6 Å². The zero-order valence-corrected chi connectivity index (χ0v) is 7.99. The summed E-state index contributed by atoms with van der Waals surface area (Å²) in [6.45, 7) is 4.20. The molecule has 68 valence electrons. The fourth-order valence-electron chi connectivity index (χ4n) is 1.33. The van der Waals surface area contributed by atoms with E-state index in [9.17, 15) is 0 Å². The second-order valence-corrected chi connectivity index (χ2v) is 3.07. The molecule has 2 rings (SSSR count). The van der Waals surface area contributed by atoms with Crippen molar-refractivity contribution in [1.29, 1.82) is 0 Å². The second kappa shape index (κ2) is 3.17. The maximum Gasteiger partial charge on any atom is 0.153 e. The number of imidazole rings is 1. The molecule has 2 aromatic heterocycles. The van der Waals surface area contributed by atoms with Crippen LogP contribution in [0, 0.1) is 0 Å². The van der Waals surface area contributed by atoms with Gasteiger partial charge in [-0.15, -0.1) is 0 Å². The average molecular weight is 175 g/mol. The normalized spacial score (nSPS) is 10.9. The highest BCUT2D eigenvalue weighted by atomic mass is 15.2. The fourth-order valence-corrected chi connectivity index (χ4v) is 1.33. The number of hydrogen-bond donors (Lipinski definition) is 0. The van der Waals surface area contributed by atoms with Gasteiger partial charge in [0.2, 0.25) is 0 Å². The zero-order chi connectivity index (χ0) is 9.26. The zero-order valence-electron chi connectivity index (χ0n) is 7.99. The van der Waals surface area contributed by atoms with Gasteiger partial charge in [-0.25, -0.2) is 9.50 Å². The van der Waals surface area contributed by atoms with Gasteiger partial charge in [0.25, 0.3) is 0 Å². The lowest BCUT2D eigenvalue weighted by atomic mass is 10.3. The predicted octanol–water partition coefficient (Wildman–Crippen LogP) is 1.85. The molecule has 0 aromatic carbocycles. The molecule has 0 saturated carbocycles. The van der Waals surface area contributed by atoms with Gasteiger partial charge in [-0.1, -0.05) is 13.8 Å². The predicted molar refractivity (Wildman–Crippen MR) is 51.7 cm³/mol. The molecule has 0 bridgehead atoms. The van der Waals surface area contributed by atoms with Gasteiger partial charge >= 0.3 is 0 Å². The molecule has 2 heterocycles. The smallest absolute Gasteiger partial charge is 0.153 e. The first-order valence-electron chi connectivity index (χ1n) is 4.67. The molecule has 2 aromatic rings. The number of fused-ring (bicyclic) bond motifs is 1. The SMILES string of the molecule is CCc1cn2nc(CC)ccc2n1. The summed E-state index contributed by atoms with van der Waals surface area (Å²) in [5.74, 6) is 0. The Balaban J connectivity index is 2.57. The van der Waals surface area contributed by atoms with Gasteiger partial charge in [-0.3, -0.25) is 0 Å². The molecule has 3 heteroatoms. The quantitative estimate of drug-likeness (QED) is 0.697. The van der Waals surface area contributed by atoms with E-state index in [1.54, 1.807) is 0 Å². The number of aryl methyl sites for hydroxylation is 2. The van der Waals surface area contributed by atoms with E-state index in [2.05, 4.69) is 23.9 Å². The summed E-state index contributed by atoms with van der Waals surface area (Å²) in [6, 6.07) is 4.05. The van der Waals surface area contributed by atoms with Crippen molar-refractivity contribution in [2.75, 3.05) is 0 Å². The Labute approximate surface area is 77.4 Å². The number of nitrogens with zero attached hydrogens (tertiary/aromatic N) is 3. The fraction of sp³-hybridized carbons (Fsp3) is 0.400. The van der Waals surface area contributed by atoms with Crippen LogP contribution in [0.1, 0.15) is 25.2 Å². The summed E-state index contributed by atoms with van der Waals surface area (Å²) in [5.41, 5.74) is 3.14. The first-order chi connectivity index (χ1) is 6.33. The van der Waals surface area contributed by atoms with E-state index in [1.807, 2.05) is 22.8 Å². The molecule has 13 heavy (non-hydrogen) atoms. The first kappa shape index (κ1) is 8.23. The third-order valence-electron chi connectivity index (χ3n) is 2.15. The van der Waals surface area contributed by atoms with Crippen LogP contribution in [0.5, 0.6) is 0 Å². The van der Waals surface area contributed by atoms with E-state index in [0.717, 1.165) is 29.9 Å². The second-order valence-electron chi connectivity index (χ2n) is 3.07. The molecule has 0 saturated heterocycles. The Morgan fingerprint density at radius 3 is 2.62 bits per heavy atom. The van der Waals surface area contributed by atoms with Gasteiger partial charge in [-0.2, -0.15) is 5.10 Å². The molecular weight excluding hydrogens is 162 g/mol. The molecule has 0 spiro atoms. The van der Waals surface area contributed by atoms with Crippen molar-refractivity contribution in [1.82, 2.24) is 14.6 Å². The van der Waals surface area contributed by atoms with Gasteiger partial charge in [0, 0.05) is 0 Å². The molecule has 0 N–H and O–H groups in total. The van der Waals surface area contributed by atoms with Gasteiger partial charge in [-0.05, 0) is 25.0 Å². The summed E-state index contributed by atoms with van der Waals surface area (Å²) >= 11 is 0. The summed E-state index contributed by atoms with van der Waals surface area (Å²) in [7, 11) is 0. The van der Waals surface area contributed by atoms with E-state index in [4.69, 9.17) is 0 Å². The van der Waals surface area contributed by atoms with Crippen LogP contribution in [0.15, 0.2) is 18.3 Å². The molecule has 3 nitrogen and oxygen atoms in total. The van der Waals surface area contributed by atoms with E-state index in [0.29, 0.717) is 0 Å². The summed E-state index contributed by atoms with van der Waals surface area (Å²) in [5, 5.41) is 4.42. The average Bonchev–Trinajstić information content (AvgIpc) is 2.58. The van der Waals surface area contributed by atoms with Crippen LogP contribution in [0.3, 0.4) is 0 Å². The standard InChI is InChI=1S/C10H13N3/c1-3-8-5-6-10-11-9(4-2)7-13(10)12-8/h5-7H,3-4H2,1-2H3.